The van der Waals surface area contributed by atoms with Gasteiger partial charge < -0.3 is 10.7 Å². The Hall–Kier alpha value is -1.47. The van der Waals surface area contributed by atoms with E-state index in [1.165, 1.54) is 6.42 Å². The smallest absolute Gasteiger partial charge is 0.316 e. The summed E-state index contributed by atoms with van der Waals surface area (Å²) in [6.07, 6.45) is 3.27. The molecule has 4 N–H and O–H groups in total. The van der Waals surface area contributed by atoms with Crippen molar-refractivity contribution in [2.75, 3.05) is 16.5 Å². The summed E-state index contributed by atoms with van der Waals surface area (Å²) in [6, 6.07) is 5.40. The number of nitro benzene ring substituents is 1. The first-order valence-corrected chi connectivity index (χ1v) is 7.82. The number of nitrogens with zero attached hydrogens (tertiary/aromatic N) is 1. The third-order valence-corrected chi connectivity index (χ3v) is 4.75. The number of anilines is 2. The van der Waals surface area contributed by atoms with Gasteiger partial charge in [-0.1, -0.05) is 13.0 Å². The number of hydrogen-bond acceptors (Lipinski definition) is 6. The Morgan fingerprint density at radius 1 is 1.45 bits per heavy atom. The van der Waals surface area contributed by atoms with E-state index >= 15 is 0 Å². The lowest BCUT2D eigenvalue weighted by molar-refractivity contribution is -0.383. The minimum Gasteiger partial charge on any atom is -0.377 e. The lowest BCUT2D eigenvalue weighted by Crippen LogP contribution is -2.18. The number of nitrogens with two attached hydrogens (primary N) is 1. The molecule has 110 valence electrons. The van der Waals surface area contributed by atoms with Gasteiger partial charge in [0.05, 0.1) is 4.92 Å². The van der Waals surface area contributed by atoms with Gasteiger partial charge in [0.1, 0.15) is 11.4 Å². The van der Waals surface area contributed by atoms with E-state index in [0.29, 0.717) is 22.7 Å². The third-order valence-electron chi connectivity index (χ3n) is 3.52. The van der Waals surface area contributed by atoms with Gasteiger partial charge in [-0.2, -0.15) is 11.8 Å². The van der Waals surface area contributed by atoms with Crippen LogP contribution in [0.5, 0.6) is 0 Å². The van der Waals surface area contributed by atoms with E-state index in [1.807, 2.05) is 11.8 Å². The van der Waals surface area contributed by atoms with Crippen molar-refractivity contribution in [3.8, 4) is 0 Å². The molecule has 0 aliphatic heterocycles. The lowest BCUT2D eigenvalue weighted by atomic mass is 10.2. The fourth-order valence-electron chi connectivity index (χ4n) is 2.65. The number of nitro groups is 1. The SMILES string of the molecule is CCSC1CCC(Nc2cccc(NN)c2[N+](=O)[O-])C1. The molecule has 1 aliphatic rings. The largest absolute Gasteiger partial charge is 0.377 e. The Kier molecular flexibility index (Phi) is 5.08. The van der Waals surface area contributed by atoms with Crippen LogP contribution in [-0.2, 0) is 0 Å². The minimum atomic E-state index is -0.398. The second kappa shape index (κ2) is 6.81. The molecule has 0 spiro atoms. The average molecular weight is 296 g/mol. The summed E-state index contributed by atoms with van der Waals surface area (Å²) < 4.78 is 0. The van der Waals surface area contributed by atoms with Crippen molar-refractivity contribution in [3.05, 3.63) is 28.3 Å². The number of thioether (sulfide) groups is 1. The van der Waals surface area contributed by atoms with E-state index in [0.717, 1.165) is 18.6 Å². The zero-order valence-corrected chi connectivity index (χ0v) is 12.3. The van der Waals surface area contributed by atoms with Crippen LogP contribution < -0.4 is 16.6 Å². The van der Waals surface area contributed by atoms with Gasteiger partial charge in [-0.05, 0) is 37.1 Å². The van der Waals surface area contributed by atoms with Crippen LogP contribution in [0.15, 0.2) is 18.2 Å². The number of benzene rings is 1. The van der Waals surface area contributed by atoms with Crippen LogP contribution >= 0.6 is 11.8 Å². The maximum Gasteiger partial charge on any atom is 0.316 e. The van der Waals surface area contributed by atoms with Gasteiger partial charge in [-0.3, -0.25) is 16.0 Å². The number of nitrogens with one attached hydrogen (secondary N) is 2. The fourth-order valence-corrected chi connectivity index (χ4v) is 3.79. The van der Waals surface area contributed by atoms with Crippen LogP contribution in [0.4, 0.5) is 17.1 Å². The molecule has 0 aromatic heterocycles. The van der Waals surface area contributed by atoms with E-state index in [2.05, 4.69) is 17.7 Å². The Morgan fingerprint density at radius 2 is 2.20 bits per heavy atom. The maximum atomic E-state index is 11.2. The van der Waals surface area contributed by atoms with Gasteiger partial charge in [0.15, 0.2) is 0 Å². The zero-order chi connectivity index (χ0) is 14.5. The molecule has 7 heteroatoms. The van der Waals surface area contributed by atoms with E-state index in [9.17, 15) is 10.1 Å². The minimum absolute atomic E-state index is 0.0154. The third kappa shape index (κ3) is 3.34. The van der Waals surface area contributed by atoms with E-state index in [1.54, 1.807) is 18.2 Å². The molecule has 1 fully saturated rings. The molecule has 0 amide bonds. The first-order chi connectivity index (χ1) is 9.65. The Bertz CT molecular complexity index is 483. The number of para-hydroxylation sites is 1. The first-order valence-electron chi connectivity index (χ1n) is 6.77. The molecule has 1 aromatic carbocycles. The van der Waals surface area contributed by atoms with Crippen LogP contribution in [0.3, 0.4) is 0 Å². The fraction of sp³-hybridized carbons (Fsp3) is 0.538. The Labute approximate surface area is 122 Å². The van der Waals surface area contributed by atoms with E-state index < -0.39 is 4.92 Å². The Balaban J connectivity index is 2.12. The molecule has 0 bridgehead atoms. The van der Waals surface area contributed by atoms with Gasteiger partial charge in [0, 0.05) is 11.3 Å². The first kappa shape index (κ1) is 14.9. The summed E-state index contributed by atoms with van der Waals surface area (Å²) >= 11 is 1.97. The molecule has 2 rings (SSSR count). The topological polar surface area (TPSA) is 93.2 Å². The summed E-state index contributed by atoms with van der Waals surface area (Å²) in [5, 5.41) is 15.2. The van der Waals surface area contributed by atoms with E-state index in [4.69, 9.17) is 5.84 Å². The normalized spacial score (nSPS) is 21.7. The summed E-state index contributed by atoms with van der Waals surface area (Å²) in [7, 11) is 0. The molecule has 0 radical (unpaired) electrons. The number of rotatable bonds is 6. The van der Waals surface area contributed by atoms with Crippen LogP contribution in [0.1, 0.15) is 26.2 Å². The van der Waals surface area contributed by atoms with Crippen molar-refractivity contribution in [2.24, 2.45) is 5.84 Å². The Morgan fingerprint density at radius 3 is 2.85 bits per heavy atom. The van der Waals surface area contributed by atoms with Crippen LogP contribution in [-0.4, -0.2) is 22.0 Å². The molecule has 6 nitrogen and oxygen atoms in total. The molecule has 1 saturated carbocycles. The van der Waals surface area contributed by atoms with Crippen molar-refractivity contribution >= 4 is 28.8 Å². The van der Waals surface area contributed by atoms with Crippen molar-refractivity contribution in [2.45, 2.75) is 37.5 Å². The number of hydrazine groups is 1. The molecule has 1 aliphatic carbocycles. The maximum absolute atomic E-state index is 11.2. The van der Waals surface area contributed by atoms with Gasteiger partial charge >= 0.3 is 5.69 Å². The number of nitrogen functional groups attached to an aromatic ring is 1. The predicted molar refractivity (Wildman–Crippen MR) is 84.1 cm³/mol. The summed E-state index contributed by atoms with van der Waals surface area (Å²) in [5.41, 5.74) is 3.27. The highest BCUT2D eigenvalue weighted by Gasteiger charge is 2.27. The predicted octanol–water partition coefficient (Wildman–Crippen LogP) is 2.97. The number of hydrogen-bond donors (Lipinski definition) is 3. The molecule has 2 atom stereocenters. The second-order valence-electron chi connectivity index (χ2n) is 4.83. The highest BCUT2D eigenvalue weighted by Crippen LogP contribution is 2.36. The molecule has 0 saturated heterocycles. The molecule has 20 heavy (non-hydrogen) atoms. The summed E-state index contributed by atoms with van der Waals surface area (Å²) in [5.74, 6) is 6.46. The summed E-state index contributed by atoms with van der Waals surface area (Å²) in [4.78, 5) is 10.8. The monoisotopic (exact) mass is 296 g/mol. The van der Waals surface area contributed by atoms with E-state index in [-0.39, 0.29) is 5.69 Å². The van der Waals surface area contributed by atoms with Crippen LogP contribution in [0.25, 0.3) is 0 Å². The van der Waals surface area contributed by atoms with Crippen molar-refractivity contribution < 1.29 is 4.92 Å². The van der Waals surface area contributed by atoms with Crippen LogP contribution in [0, 0.1) is 10.1 Å². The quantitative estimate of drug-likeness (QED) is 0.424. The van der Waals surface area contributed by atoms with Crippen LogP contribution in [0.2, 0.25) is 0 Å². The highest BCUT2D eigenvalue weighted by molar-refractivity contribution is 7.99. The van der Waals surface area contributed by atoms with Gasteiger partial charge in [0.2, 0.25) is 0 Å². The molecule has 1 aromatic rings. The van der Waals surface area contributed by atoms with Gasteiger partial charge in [-0.15, -0.1) is 0 Å². The molecule has 0 heterocycles. The lowest BCUT2D eigenvalue weighted by Gasteiger charge is -2.15. The second-order valence-corrected chi connectivity index (χ2v) is 6.41. The molecular weight excluding hydrogens is 276 g/mol. The van der Waals surface area contributed by atoms with Crippen molar-refractivity contribution in [1.29, 1.82) is 0 Å². The zero-order valence-electron chi connectivity index (χ0n) is 11.5. The van der Waals surface area contributed by atoms with Crippen molar-refractivity contribution in [1.82, 2.24) is 0 Å². The standard InChI is InChI=1S/C13H20N4O2S/c1-2-20-10-7-6-9(8-10)15-11-4-3-5-12(16-14)13(11)17(18)19/h3-5,9-10,15-16H,2,6-8,14H2,1H3. The molecular formula is C13H20N4O2S. The van der Waals surface area contributed by atoms with Gasteiger partial charge in [-0.25, -0.2) is 0 Å². The molecule has 2 unspecified atom stereocenters. The average Bonchev–Trinajstić information content (AvgIpc) is 2.86. The van der Waals surface area contributed by atoms with Crippen molar-refractivity contribution in [3.63, 3.8) is 0 Å². The highest BCUT2D eigenvalue weighted by atomic mass is 32.2. The van der Waals surface area contributed by atoms with Gasteiger partial charge in [0.25, 0.3) is 0 Å². The summed E-state index contributed by atoms with van der Waals surface area (Å²) in [6.45, 7) is 2.16.